The Morgan fingerprint density at radius 3 is 2.50 bits per heavy atom. The van der Waals surface area contributed by atoms with Crippen molar-refractivity contribution in [3.63, 3.8) is 0 Å². The maximum atomic E-state index is 6.02. The molecule has 0 amide bonds. The van der Waals surface area contributed by atoms with E-state index in [0.29, 0.717) is 16.6 Å². The van der Waals surface area contributed by atoms with E-state index in [9.17, 15) is 0 Å². The van der Waals surface area contributed by atoms with Crippen LogP contribution in [-0.4, -0.2) is 6.54 Å². The predicted octanol–water partition coefficient (Wildman–Crippen LogP) is 2.59. The first-order chi connectivity index (χ1) is 6.56. The van der Waals surface area contributed by atoms with Crippen molar-refractivity contribution in [3.05, 3.63) is 33.8 Å². The second kappa shape index (κ2) is 4.99. The molecule has 2 nitrogen and oxygen atoms in total. The van der Waals surface area contributed by atoms with Crippen molar-refractivity contribution in [1.29, 1.82) is 0 Å². The molecular weight excluding hydrogens is 219 g/mol. The van der Waals surface area contributed by atoms with E-state index in [1.165, 1.54) is 0 Å². The Labute approximate surface area is 94.2 Å². The highest BCUT2D eigenvalue weighted by Crippen LogP contribution is 2.28. The molecule has 0 aliphatic carbocycles. The van der Waals surface area contributed by atoms with Crippen LogP contribution in [0.2, 0.25) is 10.0 Å². The van der Waals surface area contributed by atoms with Crippen molar-refractivity contribution in [3.8, 4) is 0 Å². The maximum Gasteiger partial charge on any atom is 0.0468 e. The van der Waals surface area contributed by atoms with Crippen LogP contribution in [0.4, 0.5) is 0 Å². The molecule has 0 spiro atoms. The van der Waals surface area contributed by atoms with Crippen molar-refractivity contribution < 1.29 is 0 Å². The topological polar surface area (TPSA) is 52.0 Å². The van der Waals surface area contributed by atoms with E-state index in [2.05, 4.69) is 0 Å². The summed E-state index contributed by atoms with van der Waals surface area (Å²) < 4.78 is 0. The van der Waals surface area contributed by atoms with Crippen molar-refractivity contribution in [1.82, 2.24) is 0 Å². The molecule has 1 rings (SSSR count). The standard InChI is InChI=1S/C10H14Cl2N2/c1-6(5-13)10(14)8-3-2-7(11)4-9(8)12/h2-4,6,10H,5,13-14H2,1H3. The summed E-state index contributed by atoms with van der Waals surface area (Å²) >= 11 is 11.8. The van der Waals surface area contributed by atoms with Crippen molar-refractivity contribution >= 4 is 23.2 Å². The Kier molecular flexibility index (Phi) is 4.20. The molecule has 1 aromatic rings. The van der Waals surface area contributed by atoms with Gasteiger partial charge in [0.15, 0.2) is 0 Å². The van der Waals surface area contributed by atoms with Gasteiger partial charge >= 0.3 is 0 Å². The molecule has 1 aromatic carbocycles. The Bertz CT molecular complexity index is 315. The fourth-order valence-electron chi connectivity index (χ4n) is 1.22. The van der Waals surface area contributed by atoms with Gasteiger partial charge in [-0.25, -0.2) is 0 Å². The highest BCUT2D eigenvalue weighted by atomic mass is 35.5. The van der Waals surface area contributed by atoms with Gasteiger partial charge in [0.2, 0.25) is 0 Å². The summed E-state index contributed by atoms with van der Waals surface area (Å²) in [6, 6.07) is 5.19. The van der Waals surface area contributed by atoms with Crippen LogP contribution in [0, 0.1) is 5.92 Å². The summed E-state index contributed by atoms with van der Waals surface area (Å²) in [5.41, 5.74) is 12.4. The van der Waals surface area contributed by atoms with Gasteiger partial charge in [-0.05, 0) is 30.2 Å². The highest BCUT2D eigenvalue weighted by molar-refractivity contribution is 6.35. The first-order valence-corrected chi connectivity index (χ1v) is 5.22. The molecule has 0 aromatic heterocycles. The maximum absolute atomic E-state index is 6.02. The average Bonchev–Trinajstić information content (AvgIpc) is 2.15. The van der Waals surface area contributed by atoms with Crippen LogP contribution in [0.15, 0.2) is 18.2 Å². The summed E-state index contributed by atoms with van der Waals surface area (Å²) in [5.74, 6) is 0.202. The number of halogens is 2. The molecule has 14 heavy (non-hydrogen) atoms. The van der Waals surface area contributed by atoms with Crippen molar-refractivity contribution in [2.75, 3.05) is 6.54 Å². The van der Waals surface area contributed by atoms with E-state index < -0.39 is 0 Å². The predicted molar refractivity (Wildman–Crippen MR) is 61.6 cm³/mol. The molecule has 0 aliphatic heterocycles. The summed E-state index contributed by atoms with van der Waals surface area (Å²) in [4.78, 5) is 0. The van der Waals surface area contributed by atoms with E-state index in [4.69, 9.17) is 34.7 Å². The fourth-order valence-corrected chi connectivity index (χ4v) is 1.76. The molecule has 0 saturated carbocycles. The Morgan fingerprint density at radius 1 is 1.36 bits per heavy atom. The van der Waals surface area contributed by atoms with E-state index in [-0.39, 0.29) is 12.0 Å². The third-order valence-corrected chi connectivity index (χ3v) is 2.87. The zero-order valence-corrected chi connectivity index (χ0v) is 9.52. The third-order valence-electron chi connectivity index (χ3n) is 2.31. The zero-order chi connectivity index (χ0) is 10.7. The lowest BCUT2D eigenvalue weighted by Gasteiger charge is -2.19. The van der Waals surface area contributed by atoms with E-state index in [1.54, 1.807) is 12.1 Å². The summed E-state index contributed by atoms with van der Waals surface area (Å²) in [5, 5.41) is 1.22. The zero-order valence-electron chi connectivity index (χ0n) is 8.00. The Hall–Kier alpha value is -0.280. The number of hydrogen-bond acceptors (Lipinski definition) is 2. The smallest absolute Gasteiger partial charge is 0.0468 e. The second-order valence-corrected chi connectivity index (χ2v) is 4.25. The van der Waals surface area contributed by atoms with Gasteiger partial charge in [0, 0.05) is 16.1 Å². The number of hydrogen-bond donors (Lipinski definition) is 2. The Balaban J connectivity index is 2.95. The molecule has 4 heteroatoms. The SMILES string of the molecule is CC(CN)C(N)c1ccc(Cl)cc1Cl. The quantitative estimate of drug-likeness (QED) is 0.842. The monoisotopic (exact) mass is 232 g/mol. The molecule has 2 atom stereocenters. The van der Waals surface area contributed by atoms with Crippen LogP contribution >= 0.6 is 23.2 Å². The highest BCUT2D eigenvalue weighted by Gasteiger charge is 2.16. The largest absolute Gasteiger partial charge is 0.330 e. The van der Waals surface area contributed by atoms with Gasteiger partial charge in [-0.2, -0.15) is 0 Å². The van der Waals surface area contributed by atoms with Crippen molar-refractivity contribution in [2.45, 2.75) is 13.0 Å². The van der Waals surface area contributed by atoms with Crippen LogP contribution < -0.4 is 11.5 Å². The molecular formula is C10H14Cl2N2. The minimum atomic E-state index is -0.134. The molecule has 0 fully saturated rings. The summed E-state index contributed by atoms with van der Waals surface area (Å²) in [6.45, 7) is 2.54. The van der Waals surface area contributed by atoms with Gasteiger partial charge in [-0.1, -0.05) is 36.2 Å². The Morgan fingerprint density at radius 2 is 2.00 bits per heavy atom. The molecule has 4 N–H and O–H groups in total. The molecule has 2 unspecified atom stereocenters. The molecule has 0 saturated heterocycles. The third kappa shape index (κ3) is 2.61. The minimum Gasteiger partial charge on any atom is -0.330 e. The van der Waals surface area contributed by atoms with Gasteiger partial charge in [0.25, 0.3) is 0 Å². The van der Waals surface area contributed by atoms with Gasteiger partial charge in [-0.15, -0.1) is 0 Å². The first kappa shape index (κ1) is 11.8. The summed E-state index contributed by atoms with van der Waals surface area (Å²) in [7, 11) is 0. The van der Waals surface area contributed by atoms with Gasteiger partial charge in [0.05, 0.1) is 0 Å². The fraction of sp³-hybridized carbons (Fsp3) is 0.400. The van der Waals surface area contributed by atoms with Gasteiger partial charge < -0.3 is 11.5 Å². The molecule has 0 aliphatic rings. The number of nitrogens with two attached hydrogens (primary N) is 2. The lowest BCUT2D eigenvalue weighted by molar-refractivity contribution is 0.481. The lowest BCUT2D eigenvalue weighted by Crippen LogP contribution is -2.25. The van der Waals surface area contributed by atoms with Crippen LogP contribution in [-0.2, 0) is 0 Å². The molecule has 0 bridgehead atoms. The minimum absolute atomic E-state index is 0.134. The number of rotatable bonds is 3. The van der Waals surface area contributed by atoms with E-state index in [0.717, 1.165) is 5.56 Å². The summed E-state index contributed by atoms with van der Waals surface area (Å²) in [6.07, 6.45) is 0. The first-order valence-electron chi connectivity index (χ1n) is 4.47. The van der Waals surface area contributed by atoms with E-state index in [1.807, 2.05) is 13.0 Å². The molecule has 0 radical (unpaired) electrons. The van der Waals surface area contributed by atoms with Gasteiger partial charge in [0.1, 0.15) is 0 Å². The average molecular weight is 233 g/mol. The lowest BCUT2D eigenvalue weighted by atomic mass is 9.95. The van der Waals surface area contributed by atoms with Crippen LogP contribution in [0.5, 0.6) is 0 Å². The molecule has 78 valence electrons. The van der Waals surface area contributed by atoms with Crippen LogP contribution in [0.1, 0.15) is 18.5 Å². The van der Waals surface area contributed by atoms with Crippen LogP contribution in [0.25, 0.3) is 0 Å². The van der Waals surface area contributed by atoms with E-state index >= 15 is 0 Å². The normalized spacial score (nSPS) is 15.2. The molecule has 0 heterocycles. The van der Waals surface area contributed by atoms with Crippen LogP contribution in [0.3, 0.4) is 0 Å². The second-order valence-electron chi connectivity index (χ2n) is 3.40. The van der Waals surface area contributed by atoms with Gasteiger partial charge in [-0.3, -0.25) is 0 Å². The van der Waals surface area contributed by atoms with Crippen molar-refractivity contribution in [2.24, 2.45) is 17.4 Å². The number of benzene rings is 1.